The Hall–Kier alpha value is -2.24. The van der Waals surface area contributed by atoms with E-state index in [1.54, 1.807) is 0 Å². The van der Waals surface area contributed by atoms with Gasteiger partial charge in [0.05, 0.1) is 0 Å². The number of nitroso groups, excluding NO2 is 1. The van der Waals surface area contributed by atoms with Crippen LogP contribution in [0.5, 0.6) is 11.5 Å². The van der Waals surface area contributed by atoms with Crippen molar-refractivity contribution in [3.05, 3.63) is 28.7 Å². The number of aromatic hydroxyl groups is 2. The summed E-state index contributed by atoms with van der Waals surface area (Å²) < 4.78 is 0. The maximum Gasteiger partial charge on any atom is 0.301 e. The highest BCUT2D eigenvalue weighted by Gasteiger charge is 2.26. The minimum atomic E-state index is -1.33. The Morgan fingerprint density at radius 3 is 2.31 bits per heavy atom. The number of amides is 1. The molecule has 1 aromatic rings. The maximum absolute atomic E-state index is 11.2. The number of carbonyl (C=O) groups is 2. The van der Waals surface area contributed by atoms with Gasteiger partial charge in [-0.1, -0.05) is 6.07 Å². The van der Waals surface area contributed by atoms with Crippen molar-refractivity contribution in [1.82, 2.24) is 0 Å². The van der Waals surface area contributed by atoms with Crippen molar-refractivity contribution in [2.75, 3.05) is 0 Å². The zero-order valence-corrected chi connectivity index (χ0v) is 8.38. The van der Waals surface area contributed by atoms with Crippen LogP contribution in [0.2, 0.25) is 0 Å². The summed E-state index contributed by atoms with van der Waals surface area (Å²) in [7, 11) is 0. The predicted molar refractivity (Wildman–Crippen MR) is 54.0 cm³/mol. The highest BCUT2D eigenvalue weighted by molar-refractivity contribution is 6.06. The molecule has 1 amide bonds. The molecular weight excluding hydrogens is 214 g/mol. The largest absolute Gasteiger partial charge is 0.504 e. The molecule has 0 heterocycles. The monoisotopic (exact) mass is 223 g/mol. The summed E-state index contributed by atoms with van der Waals surface area (Å²) in [5, 5.41) is 20.4. The third-order valence-corrected chi connectivity index (χ3v) is 2.08. The molecule has 84 valence electrons. The van der Waals surface area contributed by atoms with E-state index < -0.39 is 23.4 Å². The van der Waals surface area contributed by atoms with E-state index in [4.69, 9.17) is 5.11 Å². The number of phenolic OH excluding ortho intramolecular Hbond substituents is 2. The van der Waals surface area contributed by atoms with Gasteiger partial charge in [-0.15, -0.1) is 4.91 Å². The fourth-order valence-corrected chi connectivity index (χ4v) is 1.32. The third-order valence-electron chi connectivity index (χ3n) is 2.08. The highest BCUT2D eigenvalue weighted by atomic mass is 16.3. The highest BCUT2D eigenvalue weighted by Crippen LogP contribution is 2.29. The van der Waals surface area contributed by atoms with Crippen LogP contribution >= 0.6 is 0 Å². The lowest BCUT2D eigenvalue weighted by Gasteiger charge is -2.09. The van der Waals surface area contributed by atoms with Crippen LogP contribution in [0.1, 0.15) is 18.4 Å². The summed E-state index contributed by atoms with van der Waals surface area (Å²) in [6.07, 6.45) is 0. The third kappa shape index (κ3) is 2.22. The number of hydrogen-bond acceptors (Lipinski definition) is 5. The lowest BCUT2D eigenvalue weighted by atomic mass is 9.94. The van der Waals surface area contributed by atoms with Crippen molar-refractivity contribution in [3.8, 4) is 11.5 Å². The van der Waals surface area contributed by atoms with Gasteiger partial charge in [0.2, 0.25) is 0 Å². The molecule has 6 heteroatoms. The van der Waals surface area contributed by atoms with E-state index >= 15 is 0 Å². The summed E-state index contributed by atoms with van der Waals surface area (Å²) in [5.41, 5.74) is 0.118. The molecule has 0 spiro atoms. The van der Waals surface area contributed by atoms with Crippen molar-refractivity contribution < 1.29 is 19.8 Å². The second-order valence-electron chi connectivity index (χ2n) is 3.22. The zero-order chi connectivity index (χ0) is 12.3. The fourth-order valence-electron chi connectivity index (χ4n) is 1.32. The first-order chi connectivity index (χ1) is 7.47. The molecule has 2 N–H and O–H groups in total. The van der Waals surface area contributed by atoms with E-state index in [0.29, 0.717) is 0 Å². The van der Waals surface area contributed by atoms with Crippen molar-refractivity contribution in [2.45, 2.75) is 12.8 Å². The lowest BCUT2D eigenvalue weighted by molar-refractivity contribution is -0.127. The molecule has 0 aromatic heterocycles. The second kappa shape index (κ2) is 4.52. The van der Waals surface area contributed by atoms with Crippen molar-refractivity contribution in [1.29, 1.82) is 0 Å². The van der Waals surface area contributed by atoms with Gasteiger partial charge in [0.1, 0.15) is 11.7 Å². The molecule has 1 aromatic carbocycles. The minimum absolute atomic E-state index is 0.118. The SMILES string of the molecule is CC(=O)C(C(=O)N=O)c1ccc(O)c(O)c1. The Bertz CT molecular complexity index is 455. The Morgan fingerprint density at radius 2 is 1.88 bits per heavy atom. The molecular formula is C10H9NO5. The number of carbonyl (C=O) groups excluding carboxylic acids is 2. The molecule has 0 aliphatic heterocycles. The number of rotatable bonds is 3. The smallest absolute Gasteiger partial charge is 0.301 e. The normalized spacial score (nSPS) is 11.8. The van der Waals surface area contributed by atoms with Gasteiger partial charge in [0.25, 0.3) is 0 Å². The average Bonchev–Trinajstić information content (AvgIpc) is 2.22. The summed E-state index contributed by atoms with van der Waals surface area (Å²) in [4.78, 5) is 32.4. The second-order valence-corrected chi connectivity index (χ2v) is 3.22. The first-order valence-electron chi connectivity index (χ1n) is 4.37. The number of Topliss-reactive ketones (excluding diaryl/α,β-unsaturated/α-hetero) is 1. The number of nitrogens with zero attached hydrogens (tertiary/aromatic N) is 1. The van der Waals surface area contributed by atoms with Gasteiger partial charge in [-0.2, -0.15) is 0 Å². The van der Waals surface area contributed by atoms with Gasteiger partial charge in [-0.05, 0) is 24.6 Å². The molecule has 0 aliphatic rings. The number of ketones is 1. The van der Waals surface area contributed by atoms with Crippen LogP contribution in [0, 0.1) is 4.91 Å². The van der Waals surface area contributed by atoms with Crippen molar-refractivity contribution in [2.24, 2.45) is 5.18 Å². The van der Waals surface area contributed by atoms with Crippen LogP contribution in [-0.4, -0.2) is 21.9 Å². The van der Waals surface area contributed by atoms with Crippen LogP contribution < -0.4 is 0 Å². The summed E-state index contributed by atoms with van der Waals surface area (Å²) in [6, 6.07) is 3.44. The van der Waals surface area contributed by atoms with Gasteiger partial charge in [0.15, 0.2) is 11.5 Å². The van der Waals surface area contributed by atoms with E-state index in [2.05, 4.69) is 5.18 Å². The standard InChI is InChI=1S/C10H9NO5/c1-5(12)9(10(15)11-16)6-2-3-7(13)8(14)4-6/h2-4,9,13-14H,1H3. The van der Waals surface area contributed by atoms with E-state index in [0.717, 1.165) is 19.1 Å². The molecule has 0 bridgehead atoms. The molecule has 1 rings (SSSR count). The molecule has 0 saturated carbocycles. The predicted octanol–water partition coefficient (Wildman–Crippen LogP) is 1.06. The minimum Gasteiger partial charge on any atom is -0.504 e. The molecule has 16 heavy (non-hydrogen) atoms. The molecule has 0 fully saturated rings. The molecule has 6 nitrogen and oxygen atoms in total. The van der Waals surface area contributed by atoms with Crippen LogP contribution in [-0.2, 0) is 9.59 Å². The maximum atomic E-state index is 11.2. The zero-order valence-electron chi connectivity index (χ0n) is 8.38. The first kappa shape index (κ1) is 11.8. The van der Waals surface area contributed by atoms with E-state index in [9.17, 15) is 19.6 Å². The van der Waals surface area contributed by atoms with Crippen LogP contribution in [0.3, 0.4) is 0 Å². The summed E-state index contributed by atoms with van der Waals surface area (Å²) in [6.45, 7) is 1.14. The van der Waals surface area contributed by atoms with Crippen LogP contribution in [0.4, 0.5) is 0 Å². The Balaban J connectivity index is 3.21. The van der Waals surface area contributed by atoms with Crippen LogP contribution in [0.15, 0.2) is 23.4 Å². The molecule has 0 radical (unpaired) electrons. The van der Waals surface area contributed by atoms with Gasteiger partial charge < -0.3 is 10.2 Å². The van der Waals surface area contributed by atoms with Crippen LogP contribution in [0.25, 0.3) is 0 Å². The average molecular weight is 223 g/mol. The Kier molecular flexibility index (Phi) is 3.34. The van der Waals surface area contributed by atoms with Gasteiger partial charge >= 0.3 is 5.91 Å². The topological polar surface area (TPSA) is 104 Å². The Labute approximate surface area is 90.5 Å². The lowest BCUT2D eigenvalue weighted by Crippen LogP contribution is -2.17. The molecule has 1 atom stereocenters. The first-order valence-corrected chi connectivity index (χ1v) is 4.37. The van der Waals surface area contributed by atoms with E-state index in [-0.39, 0.29) is 11.3 Å². The van der Waals surface area contributed by atoms with Gasteiger partial charge in [0, 0.05) is 5.18 Å². The van der Waals surface area contributed by atoms with Gasteiger partial charge in [-0.25, -0.2) is 0 Å². The molecule has 1 unspecified atom stereocenters. The van der Waals surface area contributed by atoms with Gasteiger partial charge in [-0.3, -0.25) is 9.59 Å². The Morgan fingerprint density at radius 1 is 1.25 bits per heavy atom. The number of benzene rings is 1. The van der Waals surface area contributed by atoms with E-state index in [1.807, 2.05) is 0 Å². The summed E-state index contributed by atoms with van der Waals surface area (Å²) >= 11 is 0. The fraction of sp³-hybridized carbons (Fsp3) is 0.200. The number of hydrogen-bond donors (Lipinski definition) is 2. The van der Waals surface area contributed by atoms with Crippen molar-refractivity contribution >= 4 is 11.7 Å². The van der Waals surface area contributed by atoms with Crippen molar-refractivity contribution in [3.63, 3.8) is 0 Å². The molecule has 0 saturated heterocycles. The summed E-state index contributed by atoms with van der Waals surface area (Å²) in [5.74, 6) is -3.86. The number of phenols is 2. The molecule has 0 aliphatic carbocycles. The van der Waals surface area contributed by atoms with E-state index in [1.165, 1.54) is 6.07 Å². The quantitative estimate of drug-likeness (QED) is 0.453.